The first-order valence-corrected chi connectivity index (χ1v) is 11.8. The molecule has 1 spiro atoms. The summed E-state index contributed by atoms with van der Waals surface area (Å²) >= 11 is 0. The quantitative estimate of drug-likeness (QED) is 0.368. The number of hydrogen-bond donors (Lipinski definition) is 4. The van der Waals surface area contributed by atoms with E-state index in [1.165, 1.54) is 12.8 Å². The summed E-state index contributed by atoms with van der Waals surface area (Å²) in [4.78, 5) is 28.9. The van der Waals surface area contributed by atoms with Gasteiger partial charge in [0.05, 0.1) is 11.0 Å². The number of carbonyl (C=O) groups excluding carboxylic acids is 2. The van der Waals surface area contributed by atoms with Gasteiger partial charge in [-0.3, -0.25) is 14.5 Å². The molecule has 8 heteroatoms. The zero-order valence-corrected chi connectivity index (χ0v) is 18.0. The number of carbonyl (C=O) groups is 2. The van der Waals surface area contributed by atoms with Crippen molar-refractivity contribution in [3.05, 3.63) is 23.3 Å². The molecule has 3 fully saturated rings. The Bertz CT molecular complexity index is 993. The predicted octanol–water partition coefficient (Wildman–Crippen LogP) is 0.250. The van der Waals surface area contributed by atoms with Crippen LogP contribution in [0.15, 0.2) is 12.1 Å². The molecule has 8 nitrogen and oxygen atoms in total. The Balaban J connectivity index is 1.45. The number of ketones is 1. The number of rotatable bonds is 6. The molecule has 1 aromatic rings. The van der Waals surface area contributed by atoms with Gasteiger partial charge in [-0.2, -0.15) is 0 Å². The molecule has 32 heavy (non-hydrogen) atoms. The first-order chi connectivity index (χ1) is 15.4. The summed E-state index contributed by atoms with van der Waals surface area (Å²) in [5.41, 5.74) is -0.434. The van der Waals surface area contributed by atoms with Gasteiger partial charge in [0.25, 0.3) is 0 Å². The third kappa shape index (κ3) is 2.54. The number of aliphatic hydroxyl groups is 2. The number of Topliss-reactive ketones (excluding diaryl/α,β-unsaturated/α-hetero) is 1. The zero-order valence-electron chi connectivity index (χ0n) is 18.0. The molecule has 2 saturated carbocycles. The molecule has 2 aliphatic heterocycles. The maximum atomic E-state index is 13.6. The van der Waals surface area contributed by atoms with E-state index in [1.807, 2.05) is 6.07 Å². The normalized spacial score (nSPS) is 37.1. The first-order valence-electron chi connectivity index (χ1n) is 11.8. The third-order valence-electron chi connectivity index (χ3n) is 8.58. The summed E-state index contributed by atoms with van der Waals surface area (Å²) in [6.07, 6.45) is 3.06. The highest BCUT2D eigenvalue weighted by molar-refractivity contribution is 6.06. The van der Waals surface area contributed by atoms with Crippen molar-refractivity contribution in [1.29, 1.82) is 0 Å². The monoisotopic (exact) mass is 442 g/mol. The van der Waals surface area contributed by atoms with Gasteiger partial charge in [-0.15, -0.1) is 0 Å². The molecule has 1 aromatic carbocycles. The summed E-state index contributed by atoms with van der Waals surface area (Å²) in [6, 6.07) is 3.30. The van der Waals surface area contributed by atoms with E-state index in [-0.39, 0.29) is 37.1 Å². The van der Waals surface area contributed by atoms with Crippen LogP contribution in [0.4, 0.5) is 0 Å². The standard InChI is InChI=1S/C24H30N2O6/c27-9-1-7-25-22(30)15-11-24(31)17-10-14-4-5-16(28)20-18(14)23(24,21(32-20)19(15)29)6-8-26(17)12-13-2-3-13/h4-5,13,15,17,21,27-28,31H,1-3,6-12H2,(H,25,30)/t15?,17-,21+,23+,24-/m1/s1. The number of piperidine rings is 1. The van der Waals surface area contributed by atoms with E-state index < -0.39 is 28.9 Å². The molecule has 1 unspecified atom stereocenters. The van der Waals surface area contributed by atoms with Crippen molar-refractivity contribution in [2.24, 2.45) is 11.8 Å². The molecule has 4 N–H and O–H groups in total. The van der Waals surface area contributed by atoms with Crippen LogP contribution in [0.2, 0.25) is 0 Å². The van der Waals surface area contributed by atoms with Gasteiger partial charge in [0.2, 0.25) is 5.91 Å². The Labute approximate surface area is 186 Å². The van der Waals surface area contributed by atoms with E-state index in [0.717, 1.165) is 24.2 Å². The van der Waals surface area contributed by atoms with Crippen molar-refractivity contribution < 1.29 is 29.6 Å². The Morgan fingerprint density at radius 2 is 2.12 bits per heavy atom. The Kier molecular flexibility index (Phi) is 4.42. The van der Waals surface area contributed by atoms with Crippen LogP contribution in [-0.4, -0.2) is 75.9 Å². The number of ether oxygens (including phenoxy) is 1. The number of aromatic hydroxyl groups is 1. The van der Waals surface area contributed by atoms with Crippen LogP contribution in [0.25, 0.3) is 0 Å². The molecule has 172 valence electrons. The molecule has 3 aliphatic carbocycles. The highest BCUT2D eigenvalue weighted by Gasteiger charge is 2.75. The molecule has 5 atom stereocenters. The molecule has 5 aliphatic rings. The Morgan fingerprint density at radius 3 is 2.88 bits per heavy atom. The fourth-order valence-corrected chi connectivity index (χ4v) is 6.94. The maximum absolute atomic E-state index is 13.6. The van der Waals surface area contributed by atoms with E-state index in [0.29, 0.717) is 30.9 Å². The lowest BCUT2D eigenvalue weighted by Crippen LogP contribution is -2.78. The van der Waals surface area contributed by atoms with Crippen LogP contribution in [-0.2, 0) is 21.4 Å². The van der Waals surface area contributed by atoms with Gasteiger partial charge < -0.3 is 25.4 Å². The number of nitrogens with zero attached hydrogens (tertiary/aromatic N) is 1. The molecule has 0 aromatic heterocycles. The molecule has 1 amide bonds. The molecule has 2 bridgehead atoms. The van der Waals surface area contributed by atoms with Crippen LogP contribution < -0.4 is 10.1 Å². The lowest BCUT2D eigenvalue weighted by molar-refractivity contribution is -0.198. The zero-order chi connectivity index (χ0) is 22.3. The lowest BCUT2D eigenvalue weighted by atomic mass is 9.47. The second-order valence-corrected chi connectivity index (χ2v) is 10.3. The predicted molar refractivity (Wildman–Crippen MR) is 113 cm³/mol. The topological polar surface area (TPSA) is 119 Å². The van der Waals surface area contributed by atoms with Crippen molar-refractivity contribution in [2.75, 3.05) is 26.2 Å². The van der Waals surface area contributed by atoms with Crippen molar-refractivity contribution in [1.82, 2.24) is 10.2 Å². The van der Waals surface area contributed by atoms with E-state index in [2.05, 4.69) is 10.2 Å². The summed E-state index contributed by atoms with van der Waals surface area (Å²) in [5.74, 6) is -0.830. The van der Waals surface area contributed by atoms with Crippen molar-refractivity contribution in [3.8, 4) is 11.5 Å². The van der Waals surface area contributed by atoms with E-state index in [1.54, 1.807) is 6.07 Å². The van der Waals surface area contributed by atoms with Crippen LogP contribution in [0.5, 0.6) is 11.5 Å². The SMILES string of the molecule is O=C(NCCCO)C1C[C@@]2(O)[C@H]3Cc4ccc(O)c5c4[C@@]2(CCN3CC2CC2)[C@@H](O5)C1=O. The average Bonchev–Trinajstić information content (AvgIpc) is 3.51. The van der Waals surface area contributed by atoms with Gasteiger partial charge in [0, 0.05) is 31.3 Å². The molecule has 6 rings (SSSR count). The third-order valence-corrected chi connectivity index (χ3v) is 8.58. The number of hydrogen-bond acceptors (Lipinski definition) is 7. The van der Waals surface area contributed by atoms with Crippen LogP contribution in [0.1, 0.15) is 43.2 Å². The van der Waals surface area contributed by atoms with E-state index in [4.69, 9.17) is 9.84 Å². The number of amides is 1. The molecular weight excluding hydrogens is 412 g/mol. The number of nitrogens with one attached hydrogen (secondary N) is 1. The van der Waals surface area contributed by atoms with E-state index in [9.17, 15) is 19.8 Å². The summed E-state index contributed by atoms with van der Waals surface area (Å²) in [6.45, 7) is 1.92. The number of benzene rings is 1. The number of phenolic OH excluding ortho intramolecular Hbond substituents is 1. The summed E-state index contributed by atoms with van der Waals surface area (Å²) in [7, 11) is 0. The number of phenols is 1. The second-order valence-electron chi connectivity index (χ2n) is 10.3. The fourth-order valence-electron chi connectivity index (χ4n) is 6.94. The average molecular weight is 443 g/mol. The van der Waals surface area contributed by atoms with Gasteiger partial charge in [-0.25, -0.2) is 0 Å². The van der Waals surface area contributed by atoms with Crippen molar-refractivity contribution in [2.45, 2.75) is 61.7 Å². The molecule has 1 saturated heterocycles. The lowest BCUT2D eigenvalue weighted by Gasteiger charge is -2.63. The minimum Gasteiger partial charge on any atom is -0.504 e. The van der Waals surface area contributed by atoms with Crippen LogP contribution in [0, 0.1) is 11.8 Å². The first kappa shape index (κ1) is 20.4. The smallest absolute Gasteiger partial charge is 0.230 e. The van der Waals surface area contributed by atoms with Crippen molar-refractivity contribution in [3.63, 3.8) is 0 Å². The summed E-state index contributed by atoms with van der Waals surface area (Å²) < 4.78 is 6.12. The molecule has 0 radical (unpaired) electrons. The Hall–Kier alpha value is -2.16. The largest absolute Gasteiger partial charge is 0.504 e. The van der Waals surface area contributed by atoms with Gasteiger partial charge in [0.15, 0.2) is 23.4 Å². The van der Waals surface area contributed by atoms with Gasteiger partial charge in [-0.05, 0) is 62.6 Å². The minimum atomic E-state index is -1.30. The molecule has 2 heterocycles. The van der Waals surface area contributed by atoms with E-state index >= 15 is 0 Å². The van der Waals surface area contributed by atoms with Crippen molar-refractivity contribution >= 4 is 11.7 Å². The Morgan fingerprint density at radius 1 is 1.31 bits per heavy atom. The highest BCUT2D eigenvalue weighted by atomic mass is 16.5. The fraction of sp³-hybridized carbons (Fsp3) is 0.667. The van der Waals surface area contributed by atoms with Gasteiger partial charge >= 0.3 is 0 Å². The number of likely N-dealkylation sites (tertiary alicyclic amines) is 1. The maximum Gasteiger partial charge on any atom is 0.230 e. The van der Waals surface area contributed by atoms with Gasteiger partial charge in [0.1, 0.15) is 5.92 Å². The second kappa shape index (κ2) is 6.92. The van der Waals surface area contributed by atoms with Gasteiger partial charge in [-0.1, -0.05) is 6.07 Å². The van der Waals surface area contributed by atoms with Crippen LogP contribution in [0.3, 0.4) is 0 Å². The molecular formula is C24H30N2O6. The number of aliphatic hydroxyl groups excluding tert-OH is 1. The van der Waals surface area contributed by atoms with Crippen LogP contribution >= 0.6 is 0 Å². The highest BCUT2D eigenvalue weighted by Crippen LogP contribution is 2.65. The minimum absolute atomic E-state index is 0.0227. The summed E-state index contributed by atoms with van der Waals surface area (Å²) in [5, 5.41) is 34.7.